The van der Waals surface area contributed by atoms with Gasteiger partial charge in [0.25, 0.3) is 0 Å². The third-order valence-corrected chi connectivity index (χ3v) is 5.26. The maximum Gasteiger partial charge on any atom is 0.234 e. The van der Waals surface area contributed by atoms with E-state index >= 15 is 0 Å². The molecule has 8 heteroatoms. The number of thioether (sulfide) groups is 1. The Labute approximate surface area is 165 Å². The first-order chi connectivity index (χ1) is 13.7. The van der Waals surface area contributed by atoms with Crippen molar-refractivity contribution in [3.05, 3.63) is 48.8 Å². The molecule has 0 saturated heterocycles. The number of fused-ring (bicyclic) bond motifs is 3. The van der Waals surface area contributed by atoms with Gasteiger partial charge in [-0.15, -0.1) is 0 Å². The maximum atomic E-state index is 12.3. The second-order valence-electron chi connectivity index (χ2n) is 6.00. The molecule has 0 spiro atoms. The molecule has 0 atom stereocenters. The lowest BCUT2D eigenvalue weighted by Crippen LogP contribution is -2.14. The van der Waals surface area contributed by atoms with Crippen LogP contribution in [0.5, 0.6) is 11.5 Å². The average molecular weight is 394 g/mol. The van der Waals surface area contributed by atoms with Crippen molar-refractivity contribution in [3.63, 3.8) is 0 Å². The third kappa shape index (κ3) is 3.59. The van der Waals surface area contributed by atoms with Crippen molar-refractivity contribution < 1.29 is 14.3 Å². The summed E-state index contributed by atoms with van der Waals surface area (Å²) in [6.45, 7) is 0. The standard InChI is InChI=1S/C20H18N4O3S/c1-26-13-5-3-12(4-6-13)23-17(25)10-28-20-19-18(21-11-22-20)15-9-14(27-2)7-8-16(15)24-19/h3-9,11,24H,10H2,1-2H3,(H,23,25). The zero-order chi connectivity index (χ0) is 19.5. The van der Waals surface area contributed by atoms with Crippen LogP contribution in [0.15, 0.2) is 53.8 Å². The van der Waals surface area contributed by atoms with Crippen LogP contribution in [0.25, 0.3) is 21.9 Å². The summed E-state index contributed by atoms with van der Waals surface area (Å²) >= 11 is 1.36. The molecule has 0 aliphatic rings. The molecule has 28 heavy (non-hydrogen) atoms. The van der Waals surface area contributed by atoms with Crippen LogP contribution >= 0.6 is 11.8 Å². The highest BCUT2D eigenvalue weighted by Crippen LogP contribution is 2.31. The summed E-state index contributed by atoms with van der Waals surface area (Å²) in [5.41, 5.74) is 3.28. The van der Waals surface area contributed by atoms with E-state index < -0.39 is 0 Å². The molecule has 2 N–H and O–H groups in total. The van der Waals surface area contributed by atoms with Crippen LogP contribution in [-0.4, -0.2) is 40.8 Å². The first-order valence-corrected chi connectivity index (χ1v) is 9.53. The number of hydrogen-bond donors (Lipinski definition) is 2. The van der Waals surface area contributed by atoms with Gasteiger partial charge in [-0.2, -0.15) is 0 Å². The van der Waals surface area contributed by atoms with Crippen LogP contribution in [-0.2, 0) is 4.79 Å². The smallest absolute Gasteiger partial charge is 0.234 e. The van der Waals surface area contributed by atoms with Crippen LogP contribution in [0.1, 0.15) is 0 Å². The number of methoxy groups -OCH3 is 2. The number of nitrogens with zero attached hydrogens (tertiary/aromatic N) is 2. The monoisotopic (exact) mass is 394 g/mol. The molecule has 2 aromatic heterocycles. The van der Waals surface area contributed by atoms with E-state index in [-0.39, 0.29) is 11.7 Å². The summed E-state index contributed by atoms with van der Waals surface area (Å²) in [5.74, 6) is 1.63. The largest absolute Gasteiger partial charge is 0.497 e. The molecule has 0 fully saturated rings. The molecule has 4 aromatic rings. The highest BCUT2D eigenvalue weighted by Gasteiger charge is 2.13. The Morgan fingerprint density at radius 2 is 1.82 bits per heavy atom. The number of amides is 1. The van der Waals surface area contributed by atoms with Crippen molar-refractivity contribution in [1.82, 2.24) is 15.0 Å². The number of carbonyl (C=O) groups excluding carboxylic acids is 1. The molecular weight excluding hydrogens is 376 g/mol. The summed E-state index contributed by atoms with van der Waals surface area (Å²) < 4.78 is 10.4. The average Bonchev–Trinajstić information content (AvgIpc) is 3.11. The van der Waals surface area contributed by atoms with Crippen molar-refractivity contribution in [2.75, 3.05) is 25.3 Å². The summed E-state index contributed by atoms with van der Waals surface area (Å²) in [4.78, 5) is 24.4. The number of anilines is 1. The summed E-state index contributed by atoms with van der Waals surface area (Å²) in [5, 5.41) is 4.55. The molecule has 4 rings (SSSR count). The molecule has 142 valence electrons. The fourth-order valence-electron chi connectivity index (χ4n) is 2.89. The summed E-state index contributed by atoms with van der Waals surface area (Å²) in [6.07, 6.45) is 1.51. The second kappa shape index (κ2) is 7.77. The quantitative estimate of drug-likeness (QED) is 0.381. The molecule has 7 nitrogen and oxygen atoms in total. The lowest BCUT2D eigenvalue weighted by Gasteiger charge is -2.06. The van der Waals surface area contributed by atoms with Gasteiger partial charge in [0.05, 0.1) is 25.5 Å². The first-order valence-electron chi connectivity index (χ1n) is 8.55. The van der Waals surface area contributed by atoms with Gasteiger partial charge < -0.3 is 19.8 Å². The highest BCUT2D eigenvalue weighted by molar-refractivity contribution is 8.00. The zero-order valence-corrected chi connectivity index (χ0v) is 16.2. The van der Waals surface area contributed by atoms with E-state index in [9.17, 15) is 4.79 Å². The molecule has 1 amide bonds. The zero-order valence-electron chi connectivity index (χ0n) is 15.4. The third-order valence-electron chi connectivity index (χ3n) is 4.27. The Hall–Kier alpha value is -3.26. The van der Waals surface area contributed by atoms with E-state index in [1.165, 1.54) is 18.1 Å². The topological polar surface area (TPSA) is 89.1 Å². The lowest BCUT2D eigenvalue weighted by molar-refractivity contribution is -0.113. The number of carbonyl (C=O) groups is 1. The predicted octanol–water partition coefficient (Wildman–Crippen LogP) is 3.86. The Bertz CT molecular complexity index is 1140. The van der Waals surface area contributed by atoms with Crippen LogP contribution in [0.2, 0.25) is 0 Å². The van der Waals surface area contributed by atoms with Crippen molar-refractivity contribution >= 4 is 45.3 Å². The van der Waals surface area contributed by atoms with E-state index in [4.69, 9.17) is 9.47 Å². The molecule has 0 aliphatic heterocycles. The van der Waals surface area contributed by atoms with Gasteiger partial charge in [0.1, 0.15) is 28.4 Å². The highest BCUT2D eigenvalue weighted by atomic mass is 32.2. The van der Waals surface area contributed by atoms with E-state index in [1.54, 1.807) is 38.5 Å². The molecule has 0 aliphatic carbocycles. The van der Waals surface area contributed by atoms with E-state index in [0.717, 1.165) is 44.1 Å². The van der Waals surface area contributed by atoms with Crippen LogP contribution < -0.4 is 14.8 Å². The number of aromatic nitrogens is 3. The SMILES string of the molecule is COc1ccc(NC(=O)CSc2ncnc3c2[nH]c2ccc(OC)cc23)cc1. The fraction of sp³-hybridized carbons (Fsp3) is 0.150. The molecule has 0 unspecified atom stereocenters. The van der Waals surface area contributed by atoms with Gasteiger partial charge in [-0.1, -0.05) is 11.8 Å². The van der Waals surface area contributed by atoms with Gasteiger partial charge in [-0.05, 0) is 42.5 Å². The molecule has 2 aromatic carbocycles. The van der Waals surface area contributed by atoms with Crippen molar-refractivity contribution in [3.8, 4) is 11.5 Å². The summed E-state index contributed by atoms with van der Waals surface area (Å²) in [6, 6.07) is 13.0. The predicted molar refractivity (Wildman–Crippen MR) is 110 cm³/mol. The Balaban J connectivity index is 1.51. The number of rotatable bonds is 6. The van der Waals surface area contributed by atoms with E-state index in [1.807, 2.05) is 18.2 Å². The Morgan fingerprint density at radius 3 is 2.57 bits per heavy atom. The number of ether oxygens (including phenoxy) is 2. The minimum Gasteiger partial charge on any atom is -0.497 e. The molecular formula is C20H18N4O3S. The normalized spacial score (nSPS) is 10.9. The molecule has 0 radical (unpaired) electrons. The fourth-order valence-corrected chi connectivity index (χ4v) is 3.64. The van der Waals surface area contributed by atoms with Gasteiger partial charge in [-0.25, -0.2) is 9.97 Å². The minimum atomic E-state index is -0.111. The molecule has 2 heterocycles. The van der Waals surface area contributed by atoms with E-state index in [2.05, 4.69) is 20.3 Å². The number of aromatic amines is 1. The number of nitrogens with one attached hydrogen (secondary N) is 2. The number of H-pyrrole nitrogens is 1. The maximum absolute atomic E-state index is 12.3. The second-order valence-corrected chi connectivity index (χ2v) is 6.97. The van der Waals surface area contributed by atoms with E-state index in [0.29, 0.717) is 0 Å². The minimum absolute atomic E-state index is 0.111. The number of benzene rings is 2. The summed E-state index contributed by atoms with van der Waals surface area (Å²) in [7, 11) is 3.24. The van der Waals surface area contributed by atoms with Crippen LogP contribution in [0.4, 0.5) is 5.69 Å². The van der Waals surface area contributed by atoms with Gasteiger partial charge in [0, 0.05) is 16.6 Å². The van der Waals surface area contributed by atoms with Crippen molar-refractivity contribution in [2.24, 2.45) is 0 Å². The number of hydrogen-bond acceptors (Lipinski definition) is 6. The van der Waals surface area contributed by atoms with Crippen molar-refractivity contribution in [2.45, 2.75) is 5.03 Å². The van der Waals surface area contributed by atoms with Crippen LogP contribution in [0.3, 0.4) is 0 Å². The first kappa shape index (κ1) is 18.1. The van der Waals surface area contributed by atoms with Gasteiger partial charge >= 0.3 is 0 Å². The Kier molecular flexibility index (Phi) is 5.03. The van der Waals surface area contributed by atoms with Gasteiger partial charge in [-0.3, -0.25) is 4.79 Å². The molecule has 0 bridgehead atoms. The lowest BCUT2D eigenvalue weighted by atomic mass is 10.2. The van der Waals surface area contributed by atoms with Crippen molar-refractivity contribution in [1.29, 1.82) is 0 Å². The Morgan fingerprint density at radius 1 is 1.07 bits per heavy atom. The van der Waals surface area contributed by atoms with Gasteiger partial charge in [0.2, 0.25) is 5.91 Å². The molecule has 0 saturated carbocycles. The van der Waals surface area contributed by atoms with Gasteiger partial charge in [0.15, 0.2) is 0 Å². The van der Waals surface area contributed by atoms with Crippen LogP contribution in [0, 0.1) is 0 Å².